The molecule has 2 rings (SSSR count). The Bertz CT molecular complexity index is 627. The van der Waals surface area contributed by atoms with Crippen molar-refractivity contribution in [3.05, 3.63) is 41.0 Å². The van der Waals surface area contributed by atoms with Gasteiger partial charge in [-0.25, -0.2) is 4.79 Å². The Balaban J connectivity index is 2.43. The van der Waals surface area contributed by atoms with Crippen LogP contribution < -0.4 is 5.73 Å². The van der Waals surface area contributed by atoms with Crippen LogP contribution in [0.1, 0.15) is 5.56 Å². The highest BCUT2D eigenvalue weighted by Crippen LogP contribution is 2.23. The number of aromatic nitrogens is 2. The van der Waals surface area contributed by atoms with Gasteiger partial charge in [0.05, 0.1) is 16.3 Å². The number of benzene rings is 1. The predicted octanol–water partition coefficient (Wildman–Crippen LogP) is 2.00. The quantitative estimate of drug-likeness (QED) is 0.835. The van der Waals surface area contributed by atoms with Crippen molar-refractivity contribution in [2.45, 2.75) is 0 Å². The molecule has 0 aliphatic heterocycles. The number of hydrogen-bond donors (Lipinski definition) is 1. The predicted molar refractivity (Wildman–Crippen MR) is 62.4 cm³/mol. The number of carbonyl (C=O) groups excluding carboxylic acids is 1. The van der Waals surface area contributed by atoms with Gasteiger partial charge in [0.25, 0.3) is 0 Å². The smallest absolute Gasteiger partial charge is 0.339 e. The zero-order chi connectivity index (χ0) is 12.4. The van der Waals surface area contributed by atoms with Crippen LogP contribution in [0.4, 0.5) is 4.79 Å². The molecule has 1 aromatic carbocycles. The average molecular weight is 247 g/mol. The molecule has 1 amide bonds. The highest BCUT2D eigenvalue weighted by atomic mass is 35.5. The molecule has 0 aliphatic rings. The Morgan fingerprint density at radius 1 is 1.47 bits per heavy atom. The van der Waals surface area contributed by atoms with E-state index in [1.807, 2.05) is 6.07 Å². The Kier molecular flexibility index (Phi) is 2.81. The summed E-state index contributed by atoms with van der Waals surface area (Å²) >= 11 is 5.90. The van der Waals surface area contributed by atoms with Crippen molar-refractivity contribution in [1.82, 2.24) is 9.78 Å². The van der Waals surface area contributed by atoms with Gasteiger partial charge < -0.3 is 5.73 Å². The number of primary amides is 1. The number of nitrogens with two attached hydrogens (primary N) is 1. The van der Waals surface area contributed by atoms with Gasteiger partial charge in [0, 0.05) is 11.8 Å². The molecule has 2 N–H and O–H groups in total. The van der Waals surface area contributed by atoms with Crippen molar-refractivity contribution < 1.29 is 4.79 Å². The van der Waals surface area contributed by atoms with Crippen molar-refractivity contribution >= 4 is 17.6 Å². The summed E-state index contributed by atoms with van der Waals surface area (Å²) in [4.78, 5) is 10.9. The van der Waals surface area contributed by atoms with Crippen LogP contribution in [-0.4, -0.2) is 15.8 Å². The van der Waals surface area contributed by atoms with E-state index < -0.39 is 6.03 Å². The molecule has 5 nitrogen and oxygen atoms in total. The lowest BCUT2D eigenvalue weighted by Gasteiger charge is -1.99. The molecule has 0 unspecified atom stereocenters. The molecule has 0 atom stereocenters. The van der Waals surface area contributed by atoms with Crippen molar-refractivity contribution in [3.63, 3.8) is 0 Å². The van der Waals surface area contributed by atoms with E-state index in [2.05, 4.69) is 5.10 Å². The Hall–Kier alpha value is -2.32. The highest BCUT2D eigenvalue weighted by molar-refractivity contribution is 6.32. The van der Waals surface area contributed by atoms with E-state index in [0.29, 0.717) is 21.8 Å². The largest absolute Gasteiger partial charge is 0.350 e. The van der Waals surface area contributed by atoms with Crippen molar-refractivity contribution in [3.8, 4) is 17.3 Å². The summed E-state index contributed by atoms with van der Waals surface area (Å²) in [6.07, 6.45) is 1.46. The Morgan fingerprint density at radius 2 is 2.24 bits per heavy atom. The van der Waals surface area contributed by atoms with Gasteiger partial charge in [-0.1, -0.05) is 17.7 Å². The lowest BCUT2D eigenvalue weighted by Crippen LogP contribution is -2.19. The number of nitrogens with zero attached hydrogens (tertiary/aromatic N) is 3. The van der Waals surface area contributed by atoms with Crippen LogP contribution >= 0.6 is 11.6 Å². The van der Waals surface area contributed by atoms with Crippen LogP contribution in [0.5, 0.6) is 0 Å². The average Bonchev–Trinajstić information content (AvgIpc) is 2.78. The van der Waals surface area contributed by atoms with Crippen molar-refractivity contribution in [1.29, 1.82) is 5.26 Å². The van der Waals surface area contributed by atoms with Crippen molar-refractivity contribution in [2.24, 2.45) is 5.73 Å². The minimum absolute atomic E-state index is 0.346. The summed E-state index contributed by atoms with van der Waals surface area (Å²) in [6.45, 7) is 0. The third kappa shape index (κ3) is 2.12. The van der Waals surface area contributed by atoms with E-state index in [4.69, 9.17) is 22.6 Å². The first-order chi connectivity index (χ1) is 8.11. The van der Waals surface area contributed by atoms with E-state index in [0.717, 1.165) is 4.68 Å². The lowest BCUT2D eigenvalue weighted by atomic mass is 10.1. The summed E-state index contributed by atoms with van der Waals surface area (Å²) in [5.41, 5.74) is 6.75. The second kappa shape index (κ2) is 4.28. The molecular weight excluding hydrogens is 240 g/mol. The number of halogens is 1. The molecule has 0 aliphatic carbocycles. The molecule has 2 aromatic rings. The summed E-state index contributed by atoms with van der Waals surface area (Å²) in [6, 6.07) is 7.87. The fourth-order valence-electron chi connectivity index (χ4n) is 1.37. The molecule has 0 saturated heterocycles. The summed E-state index contributed by atoms with van der Waals surface area (Å²) < 4.78 is 1.03. The highest BCUT2D eigenvalue weighted by Gasteiger charge is 2.07. The summed E-state index contributed by atoms with van der Waals surface area (Å²) in [7, 11) is 0. The Labute approximate surface area is 102 Å². The molecule has 6 heteroatoms. The van der Waals surface area contributed by atoms with Crippen LogP contribution in [0.15, 0.2) is 30.5 Å². The van der Waals surface area contributed by atoms with E-state index in [1.54, 1.807) is 24.3 Å². The first kappa shape index (κ1) is 11.2. The third-order valence-corrected chi connectivity index (χ3v) is 2.51. The van der Waals surface area contributed by atoms with Gasteiger partial charge in [0.2, 0.25) is 0 Å². The van der Waals surface area contributed by atoms with Gasteiger partial charge in [0.1, 0.15) is 6.07 Å². The number of amides is 1. The normalized spacial score (nSPS) is 9.88. The van der Waals surface area contributed by atoms with Gasteiger partial charge >= 0.3 is 6.03 Å². The molecule has 0 spiro atoms. The summed E-state index contributed by atoms with van der Waals surface area (Å²) in [5.74, 6) is 0. The minimum Gasteiger partial charge on any atom is -0.350 e. The zero-order valence-electron chi connectivity index (χ0n) is 8.59. The molecule has 0 bridgehead atoms. The second-order valence-corrected chi connectivity index (χ2v) is 3.70. The Morgan fingerprint density at radius 3 is 2.76 bits per heavy atom. The third-order valence-electron chi connectivity index (χ3n) is 2.20. The lowest BCUT2D eigenvalue weighted by molar-refractivity contribution is 0.248. The van der Waals surface area contributed by atoms with Gasteiger partial charge in [0.15, 0.2) is 0 Å². The number of nitriles is 1. The van der Waals surface area contributed by atoms with Crippen LogP contribution in [0.2, 0.25) is 5.02 Å². The van der Waals surface area contributed by atoms with Gasteiger partial charge in [-0.05, 0) is 18.2 Å². The number of rotatable bonds is 1. The summed E-state index contributed by atoms with van der Waals surface area (Å²) in [5, 5.41) is 13.1. The monoisotopic (exact) mass is 246 g/mol. The molecule has 84 valence electrons. The van der Waals surface area contributed by atoms with Gasteiger partial charge in [-0.3, -0.25) is 0 Å². The van der Waals surface area contributed by atoms with Crippen LogP contribution in [0.3, 0.4) is 0 Å². The molecule has 0 fully saturated rings. The second-order valence-electron chi connectivity index (χ2n) is 3.29. The first-order valence-corrected chi connectivity index (χ1v) is 5.05. The number of hydrogen-bond acceptors (Lipinski definition) is 3. The first-order valence-electron chi connectivity index (χ1n) is 4.67. The maximum absolute atomic E-state index is 10.9. The number of carbonyl (C=O) groups is 1. The molecular formula is C11H7ClN4O. The topological polar surface area (TPSA) is 84.7 Å². The van der Waals surface area contributed by atoms with E-state index in [9.17, 15) is 4.79 Å². The molecule has 0 saturated carbocycles. The van der Waals surface area contributed by atoms with E-state index >= 15 is 0 Å². The molecule has 1 heterocycles. The van der Waals surface area contributed by atoms with Gasteiger partial charge in [-0.2, -0.15) is 15.0 Å². The zero-order valence-corrected chi connectivity index (χ0v) is 9.35. The molecule has 17 heavy (non-hydrogen) atoms. The maximum atomic E-state index is 10.9. The minimum atomic E-state index is -0.656. The molecule has 1 aromatic heterocycles. The maximum Gasteiger partial charge on any atom is 0.339 e. The fraction of sp³-hybridized carbons (Fsp3) is 0. The van der Waals surface area contributed by atoms with E-state index in [-0.39, 0.29) is 0 Å². The van der Waals surface area contributed by atoms with E-state index in [1.165, 1.54) is 6.20 Å². The SMILES string of the molecule is N#Cc1ccc(-c2ccn(C(N)=O)n2)cc1Cl. The van der Waals surface area contributed by atoms with Crippen LogP contribution in [0.25, 0.3) is 11.3 Å². The van der Waals surface area contributed by atoms with Crippen molar-refractivity contribution in [2.75, 3.05) is 0 Å². The van der Waals surface area contributed by atoms with Gasteiger partial charge in [-0.15, -0.1) is 0 Å². The standard InChI is InChI=1S/C11H7ClN4O/c12-9-5-7(1-2-8(9)6-13)10-3-4-16(15-10)11(14)17/h1-5H,(H2,14,17). The fourth-order valence-corrected chi connectivity index (χ4v) is 1.59. The van der Waals surface area contributed by atoms with Crippen LogP contribution in [0, 0.1) is 11.3 Å². The van der Waals surface area contributed by atoms with Crippen LogP contribution in [-0.2, 0) is 0 Å². The molecule has 0 radical (unpaired) electrons.